The summed E-state index contributed by atoms with van der Waals surface area (Å²) in [5.74, 6) is -11.6. The van der Waals surface area contributed by atoms with Crippen molar-refractivity contribution in [1.82, 2.24) is 60.0 Å². The fourth-order valence-electron chi connectivity index (χ4n) is 13.0. The zero-order valence-electron chi connectivity index (χ0n) is 64.8. The summed E-state index contributed by atoms with van der Waals surface area (Å²) in [6.45, 7) is 19.8. The van der Waals surface area contributed by atoms with Crippen LogP contribution in [0.25, 0.3) is 0 Å². The standard InChI is InChI=1S/C72H125F3N12O15/c1-21-48(9)61-68(98)86(22-2)41-59(90)79(14)40-60(91)82(17)56(43-101-35-32-45(3)4)65(95)80(15)39-57(88)76-51(31-28-49-26-29-50(30-27-49)72(73,74)75)64(94)84(19)55(42-102-44-70(10,11)100)63(93)78-71(12,13)69(99)85(20)53(37-47(7)8)66(96)83(18)54(67(97)87-33-24-23-25-34-87)38-58(89)81(16)52(36-46(5)6)62(92)77-61/h45-56,61,100H,21-44H2,1-20H3,(H,76,88)(H,77,92)(H,78,93)/t48-,49?,50?,51-,52-,53-,54-,55-,56-,61-/m0/s1. The third-order valence-electron chi connectivity index (χ3n) is 20.0. The molecule has 8 atom stereocenters. The minimum Gasteiger partial charge on any atom is -0.388 e. The van der Waals surface area contributed by atoms with Crippen molar-refractivity contribution in [3.8, 4) is 0 Å². The molecule has 0 radical (unpaired) electrons. The molecule has 3 rings (SSSR count). The second-order valence-corrected chi connectivity index (χ2v) is 31.1. The Labute approximate surface area is 604 Å². The first-order valence-corrected chi connectivity index (χ1v) is 36.5. The Morgan fingerprint density at radius 2 is 1.17 bits per heavy atom. The second kappa shape index (κ2) is 40.5. The highest BCUT2D eigenvalue weighted by atomic mass is 19.4. The van der Waals surface area contributed by atoms with Crippen LogP contribution in [0.5, 0.6) is 0 Å². The summed E-state index contributed by atoms with van der Waals surface area (Å²) < 4.78 is 53.4. The van der Waals surface area contributed by atoms with Crippen molar-refractivity contribution in [3.05, 3.63) is 0 Å². The number of nitrogens with one attached hydrogen (secondary N) is 3. The SMILES string of the molecule is CC[C@H](C)[C@@H]1NC(=O)[C@H](CC(C)C)N(C)C(=O)C[C@@H](C(=O)N2CCCCC2)N(C)C(=O)[C@H](CC(C)C)N(C)C(=O)C(C)(C)NC(=O)[C@H](COCC(C)(C)O)N(C)C(=O)[C@H](CCC2CCC(C(F)(F)F)CC2)NC(=O)CN(C)C(=O)[C@H](COCCC(C)C)N(C)C(=O)CN(C)C(=O)CN(CC)C1=O. The lowest BCUT2D eigenvalue weighted by atomic mass is 9.79. The minimum atomic E-state index is -4.40. The van der Waals surface area contributed by atoms with E-state index in [1.807, 2.05) is 48.5 Å². The van der Waals surface area contributed by atoms with E-state index in [2.05, 4.69) is 16.0 Å². The zero-order chi connectivity index (χ0) is 77.6. The molecule has 0 aromatic heterocycles. The van der Waals surface area contributed by atoms with Gasteiger partial charge in [-0.05, 0) is 141 Å². The molecular weight excluding hydrogens is 1330 g/mol. The van der Waals surface area contributed by atoms with Crippen molar-refractivity contribution in [3.63, 3.8) is 0 Å². The summed E-state index contributed by atoms with van der Waals surface area (Å²) in [6.07, 6.45) is -1.74. The van der Waals surface area contributed by atoms with E-state index >= 15 is 24.0 Å². The van der Waals surface area contributed by atoms with E-state index in [1.54, 1.807) is 18.7 Å². The summed E-state index contributed by atoms with van der Waals surface area (Å²) in [4.78, 5) is 188. The number of halogens is 3. The van der Waals surface area contributed by atoms with Crippen molar-refractivity contribution in [2.45, 2.75) is 240 Å². The van der Waals surface area contributed by atoms with Gasteiger partial charge >= 0.3 is 6.18 Å². The summed E-state index contributed by atoms with van der Waals surface area (Å²) in [5.41, 5.74) is -3.36. The van der Waals surface area contributed by atoms with Gasteiger partial charge in [-0.3, -0.25) is 57.5 Å². The lowest BCUT2D eigenvalue weighted by Crippen LogP contribution is -2.64. The van der Waals surface area contributed by atoms with E-state index in [0.29, 0.717) is 38.8 Å². The maximum absolute atomic E-state index is 15.4. The third-order valence-corrected chi connectivity index (χ3v) is 20.0. The molecule has 0 bridgehead atoms. The second-order valence-electron chi connectivity index (χ2n) is 31.1. The molecule has 0 aromatic rings. The number of carbonyl (C=O) groups excluding carboxylic acids is 12. The average Bonchev–Trinajstić information content (AvgIpc) is 0.807. The molecule has 3 fully saturated rings. The predicted molar refractivity (Wildman–Crippen MR) is 378 cm³/mol. The van der Waals surface area contributed by atoms with Crippen LogP contribution in [0, 0.1) is 35.5 Å². The van der Waals surface area contributed by atoms with Gasteiger partial charge in [0.1, 0.15) is 47.8 Å². The monoisotopic (exact) mass is 1450 g/mol. The molecule has 2 aliphatic heterocycles. The first-order valence-electron chi connectivity index (χ1n) is 36.5. The maximum Gasteiger partial charge on any atom is 0.391 e. The van der Waals surface area contributed by atoms with Crippen molar-refractivity contribution in [2.75, 3.05) is 115 Å². The van der Waals surface area contributed by atoms with Gasteiger partial charge < -0.3 is 74.6 Å². The number of likely N-dealkylation sites (N-methyl/N-ethyl adjacent to an activating group) is 8. The molecule has 30 heteroatoms. The molecule has 584 valence electrons. The molecule has 3 aliphatic rings. The number of hydrogen-bond donors (Lipinski definition) is 4. The van der Waals surface area contributed by atoms with Crippen molar-refractivity contribution >= 4 is 70.9 Å². The third kappa shape index (κ3) is 27.1. The highest BCUT2D eigenvalue weighted by molar-refractivity contribution is 6.00. The summed E-state index contributed by atoms with van der Waals surface area (Å²) in [5, 5.41) is 19.1. The van der Waals surface area contributed by atoms with Crippen LogP contribution < -0.4 is 16.0 Å². The van der Waals surface area contributed by atoms with Crippen LogP contribution in [-0.2, 0) is 67.0 Å². The van der Waals surface area contributed by atoms with Crippen LogP contribution in [-0.4, -0.2) is 295 Å². The Balaban J connectivity index is 2.35. The quantitative estimate of drug-likeness (QED) is 0.124. The van der Waals surface area contributed by atoms with Crippen LogP contribution in [0.3, 0.4) is 0 Å². The first kappa shape index (κ1) is 89.5. The molecule has 0 spiro atoms. The van der Waals surface area contributed by atoms with E-state index in [9.17, 15) is 51.8 Å². The van der Waals surface area contributed by atoms with Gasteiger partial charge in [0.15, 0.2) is 0 Å². The zero-order valence-corrected chi connectivity index (χ0v) is 64.8. The Morgan fingerprint density at radius 3 is 1.71 bits per heavy atom. The first-order chi connectivity index (χ1) is 47.3. The van der Waals surface area contributed by atoms with Crippen LogP contribution in [0.1, 0.15) is 180 Å². The Morgan fingerprint density at radius 1 is 0.598 bits per heavy atom. The van der Waals surface area contributed by atoms with Crippen LogP contribution in [0.2, 0.25) is 0 Å². The van der Waals surface area contributed by atoms with Gasteiger partial charge in [0.05, 0.1) is 57.4 Å². The Bertz CT molecular complexity index is 2830. The van der Waals surface area contributed by atoms with Gasteiger partial charge in [0.25, 0.3) is 0 Å². The van der Waals surface area contributed by atoms with Crippen LogP contribution >= 0.6 is 0 Å². The van der Waals surface area contributed by atoms with E-state index in [0.717, 1.165) is 35.8 Å². The molecule has 12 amide bonds. The number of likely N-dealkylation sites (tertiary alicyclic amines) is 1. The average molecular weight is 1460 g/mol. The molecule has 27 nitrogen and oxygen atoms in total. The van der Waals surface area contributed by atoms with Crippen LogP contribution in [0.15, 0.2) is 0 Å². The number of alkyl halides is 3. The Hall–Kier alpha value is -6.69. The molecule has 0 unspecified atom stereocenters. The largest absolute Gasteiger partial charge is 0.391 e. The van der Waals surface area contributed by atoms with Gasteiger partial charge in [0.2, 0.25) is 70.9 Å². The lowest BCUT2D eigenvalue weighted by Gasteiger charge is -2.40. The number of rotatable bonds is 20. The smallest absolute Gasteiger partial charge is 0.388 e. The highest BCUT2D eigenvalue weighted by Gasteiger charge is 2.46. The highest BCUT2D eigenvalue weighted by Crippen LogP contribution is 2.41. The van der Waals surface area contributed by atoms with Gasteiger partial charge in [-0.15, -0.1) is 0 Å². The lowest BCUT2D eigenvalue weighted by molar-refractivity contribution is -0.184. The molecular formula is C72H125F3N12O15. The Kier molecular flexibility index (Phi) is 35.6. The van der Waals surface area contributed by atoms with E-state index < -0.39 is 175 Å². The molecule has 2 saturated heterocycles. The summed E-state index contributed by atoms with van der Waals surface area (Å²) >= 11 is 0. The fraction of sp³-hybridized carbons (Fsp3) is 0.833. The molecule has 102 heavy (non-hydrogen) atoms. The van der Waals surface area contributed by atoms with Gasteiger partial charge in [0, 0.05) is 75.6 Å². The molecule has 2 heterocycles. The van der Waals surface area contributed by atoms with Crippen LogP contribution in [0.4, 0.5) is 13.2 Å². The number of carbonyl (C=O) groups is 12. The predicted octanol–water partition coefficient (Wildman–Crippen LogP) is 4.30. The molecule has 0 aromatic carbocycles. The number of piperidine rings is 1. The maximum atomic E-state index is 15.4. The normalized spacial score (nSPS) is 26.0. The molecule has 1 saturated carbocycles. The molecule has 1 aliphatic carbocycles. The van der Waals surface area contributed by atoms with E-state index in [1.165, 1.54) is 86.8 Å². The van der Waals surface area contributed by atoms with Gasteiger partial charge in [-0.2, -0.15) is 13.2 Å². The van der Waals surface area contributed by atoms with Gasteiger partial charge in [-0.1, -0.05) is 61.8 Å². The summed E-state index contributed by atoms with van der Waals surface area (Å²) in [7, 11) is 9.34. The van der Waals surface area contributed by atoms with Crippen molar-refractivity contribution in [1.29, 1.82) is 0 Å². The van der Waals surface area contributed by atoms with Gasteiger partial charge in [-0.25, -0.2) is 0 Å². The number of amides is 12. The number of aliphatic hydroxyl groups is 1. The van der Waals surface area contributed by atoms with E-state index in [-0.39, 0.29) is 101 Å². The minimum absolute atomic E-state index is 0.0144. The van der Waals surface area contributed by atoms with Crippen molar-refractivity contribution in [2.24, 2.45) is 35.5 Å². The van der Waals surface area contributed by atoms with E-state index in [4.69, 9.17) is 9.47 Å². The molecule has 4 N–H and O–H groups in total. The number of hydrogen-bond acceptors (Lipinski definition) is 15. The fourth-order valence-corrected chi connectivity index (χ4v) is 13.0. The van der Waals surface area contributed by atoms with Crippen molar-refractivity contribution < 1.29 is 85.3 Å². The number of ether oxygens (including phenoxy) is 2. The topological polar surface area (TPSA) is 309 Å². The number of nitrogens with zero attached hydrogens (tertiary/aromatic N) is 9. The summed E-state index contributed by atoms with van der Waals surface area (Å²) in [6, 6.07) is -9.74.